The normalized spacial score (nSPS) is 12.6. The summed E-state index contributed by atoms with van der Waals surface area (Å²) >= 11 is 0. The van der Waals surface area contributed by atoms with E-state index in [1.54, 1.807) is 19.0 Å². The number of hydrogen-bond donors (Lipinski definition) is 3. The number of hydrogen-bond acceptors (Lipinski definition) is 4. The summed E-state index contributed by atoms with van der Waals surface area (Å²) in [4.78, 5) is 16.1. The summed E-state index contributed by atoms with van der Waals surface area (Å²) in [6.45, 7) is 0.805. The number of carbonyl (C=O) groups excluding carboxylic acids is 1. The van der Waals surface area contributed by atoms with E-state index in [2.05, 4.69) is 10.3 Å². The molecule has 3 N–H and O–H groups in total. The maximum absolute atomic E-state index is 11.2. The van der Waals surface area contributed by atoms with Gasteiger partial charge in [0.1, 0.15) is 18.5 Å². The first kappa shape index (κ1) is 15.3. The molecule has 0 aliphatic rings. The molecule has 2 aromatic rings. The van der Waals surface area contributed by atoms with Gasteiger partial charge in [-0.2, -0.15) is 0 Å². The minimum absolute atomic E-state index is 0.0808. The van der Waals surface area contributed by atoms with Gasteiger partial charge in [-0.05, 0) is 25.2 Å². The minimum Gasteiger partial charge on any atom is -0.490 e. The average molecular weight is 291 g/mol. The van der Waals surface area contributed by atoms with Crippen LogP contribution in [0.3, 0.4) is 0 Å². The van der Waals surface area contributed by atoms with Crippen LogP contribution in [0.2, 0.25) is 0 Å². The van der Waals surface area contributed by atoms with Crippen molar-refractivity contribution in [2.24, 2.45) is 0 Å². The Bertz CT molecular complexity index is 597. The number of benzene rings is 1. The third kappa shape index (κ3) is 4.21. The predicted molar refractivity (Wildman–Crippen MR) is 81.4 cm³/mol. The Morgan fingerprint density at radius 1 is 1.48 bits per heavy atom. The smallest absolute Gasteiger partial charge is 0.233 e. The number of aromatic nitrogens is 1. The number of amides is 1. The molecule has 2 rings (SSSR count). The number of H-pyrrole nitrogens is 1. The summed E-state index contributed by atoms with van der Waals surface area (Å²) < 4.78 is 5.67. The highest BCUT2D eigenvalue weighted by Gasteiger charge is 2.12. The highest BCUT2D eigenvalue weighted by molar-refractivity contribution is 5.85. The van der Waals surface area contributed by atoms with Crippen molar-refractivity contribution in [2.45, 2.75) is 6.10 Å². The Hall–Kier alpha value is -2.05. The molecule has 1 aromatic heterocycles. The van der Waals surface area contributed by atoms with Crippen molar-refractivity contribution in [1.29, 1.82) is 0 Å². The highest BCUT2D eigenvalue weighted by atomic mass is 16.5. The van der Waals surface area contributed by atoms with Crippen molar-refractivity contribution >= 4 is 16.8 Å². The molecule has 0 unspecified atom stereocenters. The van der Waals surface area contributed by atoms with Gasteiger partial charge in [0.05, 0.1) is 6.54 Å². The molecule has 1 heterocycles. The third-order valence-corrected chi connectivity index (χ3v) is 3.20. The second-order valence-corrected chi connectivity index (χ2v) is 5.03. The van der Waals surface area contributed by atoms with Crippen molar-refractivity contribution in [1.82, 2.24) is 15.2 Å². The van der Waals surface area contributed by atoms with Gasteiger partial charge in [-0.1, -0.05) is 6.07 Å². The number of rotatable bonds is 7. The maximum atomic E-state index is 11.2. The molecule has 1 aromatic carbocycles. The highest BCUT2D eigenvalue weighted by Crippen LogP contribution is 2.24. The second kappa shape index (κ2) is 7.10. The fraction of sp³-hybridized carbons (Fsp3) is 0.400. The Morgan fingerprint density at radius 3 is 3.05 bits per heavy atom. The van der Waals surface area contributed by atoms with Gasteiger partial charge >= 0.3 is 0 Å². The SMILES string of the molecule is CNC(=O)CN(C)C[C@H](O)COc1cccc2[nH]ccc12. The van der Waals surface area contributed by atoms with E-state index in [0.717, 1.165) is 16.7 Å². The number of aliphatic hydroxyl groups is 1. The number of nitrogens with one attached hydrogen (secondary N) is 2. The summed E-state index contributed by atoms with van der Waals surface area (Å²) in [6.07, 6.45) is 1.19. The number of aliphatic hydroxyl groups excluding tert-OH is 1. The third-order valence-electron chi connectivity index (χ3n) is 3.20. The summed E-state index contributed by atoms with van der Waals surface area (Å²) in [5.74, 6) is 0.657. The van der Waals surface area contributed by atoms with Crippen molar-refractivity contribution in [3.63, 3.8) is 0 Å². The van der Waals surface area contributed by atoms with Gasteiger partial charge in [0, 0.05) is 30.7 Å². The average Bonchev–Trinajstić information content (AvgIpc) is 2.93. The topological polar surface area (TPSA) is 77.6 Å². The lowest BCUT2D eigenvalue weighted by Gasteiger charge is -2.20. The fourth-order valence-corrected chi connectivity index (χ4v) is 2.17. The van der Waals surface area contributed by atoms with E-state index in [4.69, 9.17) is 4.74 Å². The molecule has 6 nitrogen and oxygen atoms in total. The zero-order valence-electron chi connectivity index (χ0n) is 12.3. The Balaban J connectivity index is 1.85. The molecular formula is C15H21N3O3. The molecule has 0 saturated carbocycles. The summed E-state index contributed by atoms with van der Waals surface area (Å²) in [5, 5.41) is 13.5. The second-order valence-electron chi connectivity index (χ2n) is 5.03. The van der Waals surface area contributed by atoms with Gasteiger partial charge in [0.25, 0.3) is 0 Å². The number of ether oxygens (including phenoxy) is 1. The van der Waals surface area contributed by atoms with Crippen LogP contribution in [-0.4, -0.2) is 60.8 Å². The number of carbonyl (C=O) groups is 1. The van der Waals surface area contributed by atoms with Crippen LogP contribution in [-0.2, 0) is 4.79 Å². The van der Waals surface area contributed by atoms with Gasteiger partial charge in [0.2, 0.25) is 5.91 Å². The number of fused-ring (bicyclic) bond motifs is 1. The van der Waals surface area contributed by atoms with Gasteiger partial charge < -0.3 is 20.1 Å². The van der Waals surface area contributed by atoms with E-state index >= 15 is 0 Å². The number of aromatic amines is 1. The molecule has 0 saturated heterocycles. The van der Waals surface area contributed by atoms with Crippen LogP contribution >= 0.6 is 0 Å². The van der Waals surface area contributed by atoms with E-state index in [0.29, 0.717) is 6.54 Å². The quantitative estimate of drug-likeness (QED) is 0.697. The lowest BCUT2D eigenvalue weighted by Crippen LogP contribution is -2.39. The van der Waals surface area contributed by atoms with Crippen molar-refractivity contribution in [3.8, 4) is 5.75 Å². The minimum atomic E-state index is -0.658. The molecule has 114 valence electrons. The zero-order chi connectivity index (χ0) is 15.2. The van der Waals surface area contributed by atoms with Gasteiger partial charge in [-0.25, -0.2) is 0 Å². The molecule has 21 heavy (non-hydrogen) atoms. The van der Waals surface area contributed by atoms with E-state index < -0.39 is 6.10 Å². The van der Waals surface area contributed by atoms with Crippen molar-refractivity contribution in [3.05, 3.63) is 30.5 Å². The molecule has 1 atom stereocenters. The van der Waals surface area contributed by atoms with Crippen molar-refractivity contribution < 1.29 is 14.6 Å². The summed E-state index contributed by atoms with van der Waals surface area (Å²) in [7, 11) is 3.37. The monoisotopic (exact) mass is 291 g/mol. The van der Waals surface area contributed by atoms with Crippen LogP contribution in [0.25, 0.3) is 10.9 Å². The molecule has 0 radical (unpaired) electrons. The predicted octanol–water partition coefficient (Wildman–Crippen LogP) is 0.585. The standard InChI is InChI=1S/C15H21N3O3/c1-16-15(20)9-18(2)8-11(19)10-21-14-5-3-4-13-12(14)6-7-17-13/h3-7,11,17,19H,8-10H2,1-2H3,(H,16,20)/t11-/m0/s1. The van der Waals surface area contributed by atoms with Crippen LogP contribution in [0.15, 0.2) is 30.5 Å². The molecule has 1 amide bonds. The van der Waals surface area contributed by atoms with E-state index in [9.17, 15) is 9.90 Å². The Labute approximate surface area is 123 Å². The lowest BCUT2D eigenvalue weighted by molar-refractivity contribution is -0.121. The van der Waals surface area contributed by atoms with E-state index in [1.807, 2.05) is 30.5 Å². The molecule has 0 fully saturated rings. The molecule has 0 spiro atoms. The van der Waals surface area contributed by atoms with Crippen LogP contribution < -0.4 is 10.1 Å². The first-order valence-electron chi connectivity index (χ1n) is 6.86. The number of likely N-dealkylation sites (N-methyl/N-ethyl adjacent to an activating group) is 2. The lowest BCUT2D eigenvalue weighted by atomic mass is 10.2. The van der Waals surface area contributed by atoms with E-state index in [-0.39, 0.29) is 19.1 Å². The largest absolute Gasteiger partial charge is 0.490 e. The fourth-order valence-electron chi connectivity index (χ4n) is 2.17. The van der Waals surface area contributed by atoms with Gasteiger partial charge in [0.15, 0.2) is 0 Å². The van der Waals surface area contributed by atoms with Crippen molar-refractivity contribution in [2.75, 3.05) is 33.8 Å². The van der Waals surface area contributed by atoms with Crippen LogP contribution in [0.4, 0.5) is 0 Å². The van der Waals surface area contributed by atoms with Crippen LogP contribution in [0, 0.1) is 0 Å². The molecule has 0 aliphatic carbocycles. The summed E-state index contributed by atoms with van der Waals surface area (Å²) in [5.41, 5.74) is 0.999. The zero-order valence-corrected chi connectivity index (χ0v) is 12.3. The van der Waals surface area contributed by atoms with Crippen LogP contribution in [0.5, 0.6) is 5.75 Å². The first-order chi connectivity index (χ1) is 10.1. The molecule has 0 aliphatic heterocycles. The van der Waals surface area contributed by atoms with E-state index in [1.165, 1.54) is 0 Å². The Morgan fingerprint density at radius 2 is 2.29 bits per heavy atom. The summed E-state index contributed by atoms with van der Waals surface area (Å²) in [6, 6.07) is 7.68. The molecular weight excluding hydrogens is 270 g/mol. The first-order valence-corrected chi connectivity index (χ1v) is 6.86. The Kier molecular flexibility index (Phi) is 5.19. The molecule has 6 heteroatoms. The number of nitrogens with zero attached hydrogens (tertiary/aromatic N) is 1. The molecule has 0 bridgehead atoms. The van der Waals surface area contributed by atoms with Crippen LogP contribution in [0.1, 0.15) is 0 Å². The van der Waals surface area contributed by atoms with Gasteiger partial charge in [-0.3, -0.25) is 9.69 Å². The van der Waals surface area contributed by atoms with Gasteiger partial charge in [-0.15, -0.1) is 0 Å². The maximum Gasteiger partial charge on any atom is 0.233 e.